The summed E-state index contributed by atoms with van der Waals surface area (Å²) in [6.45, 7) is 0.0306. The first-order valence-corrected chi connectivity index (χ1v) is 3.26. The van der Waals surface area contributed by atoms with Crippen LogP contribution in [0.4, 0.5) is 0 Å². The highest BCUT2D eigenvalue weighted by Crippen LogP contribution is 2.13. The number of aromatic nitrogens is 1. The van der Waals surface area contributed by atoms with Crippen LogP contribution >= 0.6 is 0 Å². The van der Waals surface area contributed by atoms with E-state index in [-0.39, 0.29) is 6.61 Å². The molecule has 0 bridgehead atoms. The van der Waals surface area contributed by atoms with Gasteiger partial charge in [0.25, 0.3) is 6.39 Å². The molecule has 1 heterocycles. The Bertz CT molecular complexity index is 367. The molecule has 1 aromatic heterocycles. The van der Waals surface area contributed by atoms with E-state index in [1.807, 2.05) is 0 Å². The lowest BCUT2D eigenvalue weighted by molar-refractivity contribution is 0.282. The highest BCUT2D eigenvalue weighted by Gasteiger charge is 1.98. The number of hydrogen-bond donors (Lipinski definition) is 1. The average molecular weight is 148 g/mol. The summed E-state index contributed by atoms with van der Waals surface area (Å²) in [5.41, 5.74) is 2.26. The third kappa shape index (κ3) is 0.991. The van der Waals surface area contributed by atoms with Crippen molar-refractivity contribution in [2.75, 3.05) is 0 Å². The van der Waals surface area contributed by atoms with Crippen LogP contribution in [0.1, 0.15) is 5.56 Å². The highest BCUT2D eigenvalue weighted by atomic mass is 16.3. The largest absolute Gasteiger partial charge is 0.432 e. The highest BCUT2D eigenvalue weighted by molar-refractivity contribution is 5.72. The van der Waals surface area contributed by atoms with Crippen molar-refractivity contribution in [3.05, 3.63) is 30.2 Å². The smallest absolute Gasteiger partial charge is 0.284 e. The number of hydrogen-bond acceptors (Lipinski definition) is 3. The van der Waals surface area contributed by atoms with E-state index in [2.05, 4.69) is 11.4 Å². The molecule has 0 aliphatic rings. The van der Waals surface area contributed by atoms with Gasteiger partial charge >= 0.3 is 0 Å². The maximum Gasteiger partial charge on any atom is 0.284 e. The van der Waals surface area contributed by atoms with Gasteiger partial charge in [0.15, 0.2) is 5.58 Å². The summed E-state index contributed by atoms with van der Waals surface area (Å²) in [5, 5.41) is 8.77. The van der Waals surface area contributed by atoms with Crippen LogP contribution in [0.5, 0.6) is 0 Å². The molecular formula is C8H6NO2. The fraction of sp³-hybridized carbons (Fsp3) is 0.125. The SMILES string of the molecule is OCc1ccc2o[c]nc2c1. The van der Waals surface area contributed by atoms with E-state index < -0.39 is 0 Å². The van der Waals surface area contributed by atoms with Crippen molar-refractivity contribution in [3.63, 3.8) is 0 Å². The van der Waals surface area contributed by atoms with E-state index in [4.69, 9.17) is 9.52 Å². The Morgan fingerprint density at radius 1 is 1.55 bits per heavy atom. The number of fused-ring (bicyclic) bond motifs is 1. The second-order valence-corrected chi connectivity index (χ2v) is 2.27. The lowest BCUT2D eigenvalue weighted by atomic mass is 10.2. The monoisotopic (exact) mass is 148 g/mol. The van der Waals surface area contributed by atoms with Gasteiger partial charge in [-0.05, 0) is 17.7 Å². The number of rotatable bonds is 1. The summed E-state index contributed by atoms with van der Waals surface area (Å²) in [5.74, 6) is 0. The molecule has 0 saturated carbocycles. The predicted octanol–water partition coefficient (Wildman–Crippen LogP) is 1.12. The molecule has 0 amide bonds. The molecule has 0 aliphatic heterocycles. The van der Waals surface area contributed by atoms with Crippen LogP contribution in [0, 0.1) is 6.39 Å². The van der Waals surface area contributed by atoms with Gasteiger partial charge in [-0.15, -0.1) is 0 Å². The molecule has 2 aromatic rings. The Morgan fingerprint density at radius 3 is 3.27 bits per heavy atom. The summed E-state index contributed by atoms with van der Waals surface area (Å²) in [6, 6.07) is 5.33. The van der Waals surface area contributed by atoms with Crippen molar-refractivity contribution in [2.45, 2.75) is 6.61 Å². The lowest BCUT2D eigenvalue weighted by Crippen LogP contribution is -1.80. The van der Waals surface area contributed by atoms with Gasteiger partial charge in [0.1, 0.15) is 5.52 Å². The van der Waals surface area contributed by atoms with Crippen molar-refractivity contribution in [3.8, 4) is 0 Å². The van der Waals surface area contributed by atoms with Crippen molar-refractivity contribution < 1.29 is 9.52 Å². The first kappa shape index (κ1) is 6.37. The number of oxazole rings is 1. The van der Waals surface area contributed by atoms with Crippen LogP contribution in [0.25, 0.3) is 11.1 Å². The molecule has 3 nitrogen and oxygen atoms in total. The zero-order chi connectivity index (χ0) is 7.68. The second-order valence-electron chi connectivity index (χ2n) is 2.27. The average Bonchev–Trinajstić information content (AvgIpc) is 2.50. The van der Waals surface area contributed by atoms with Crippen LogP contribution in [-0.4, -0.2) is 10.1 Å². The molecule has 0 spiro atoms. The van der Waals surface area contributed by atoms with Gasteiger partial charge < -0.3 is 9.52 Å². The fourth-order valence-electron chi connectivity index (χ4n) is 0.956. The molecule has 3 heteroatoms. The Hall–Kier alpha value is -1.35. The van der Waals surface area contributed by atoms with Gasteiger partial charge in [0.05, 0.1) is 6.61 Å². The molecule has 1 radical (unpaired) electrons. The minimum atomic E-state index is 0.0306. The lowest BCUT2D eigenvalue weighted by Gasteiger charge is -1.92. The van der Waals surface area contributed by atoms with Gasteiger partial charge in [-0.2, -0.15) is 0 Å². The first-order valence-electron chi connectivity index (χ1n) is 3.26. The van der Waals surface area contributed by atoms with E-state index in [1.165, 1.54) is 0 Å². The molecule has 1 aromatic carbocycles. The van der Waals surface area contributed by atoms with Gasteiger partial charge in [-0.25, -0.2) is 4.98 Å². The van der Waals surface area contributed by atoms with Crippen molar-refractivity contribution in [1.29, 1.82) is 0 Å². The molecule has 0 unspecified atom stereocenters. The van der Waals surface area contributed by atoms with Crippen LogP contribution in [0.3, 0.4) is 0 Å². The molecule has 55 valence electrons. The summed E-state index contributed by atoms with van der Waals surface area (Å²) < 4.78 is 4.90. The summed E-state index contributed by atoms with van der Waals surface area (Å²) in [6.07, 6.45) is 2.38. The molecule has 1 N–H and O–H groups in total. The van der Waals surface area contributed by atoms with E-state index in [9.17, 15) is 0 Å². The molecule has 11 heavy (non-hydrogen) atoms. The zero-order valence-electron chi connectivity index (χ0n) is 5.74. The molecule has 0 saturated heterocycles. The molecular weight excluding hydrogens is 142 g/mol. The van der Waals surface area contributed by atoms with E-state index in [0.29, 0.717) is 5.58 Å². The molecule has 0 fully saturated rings. The molecule has 0 aliphatic carbocycles. The number of aliphatic hydroxyl groups is 1. The van der Waals surface area contributed by atoms with Crippen LogP contribution in [0.2, 0.25) is 0 Å². The third-order valence-electron chi connectivity index (χ3n) is 1.53. The normalized spacial score (nSPS) is 10.6. The maximum atomic E-state index is 8.77. The van der Waals surface area contributed by atoms with Gasteiger partial charge in [-0.3, -0.25) is 0 Å². The van der Waals surface area contributed by atoms with E-state index in [0.717, 1.165) is 11.1 Å². The maximum absolute atomic E-state index is 8.77. The second kappa shape index (κ2) is 2.36. The molecule has 0 atom stereocenters. The predicted molar refractivity (Wildman–Crippen MR) is 38.8 cm³/mol. The Labute approximate surface area is 63.3 Å². The standard InChI is InChI=1S/C8H6NO2/c10-4-6-1-2-8-7(3-6)9-5-11-8/h1-3,10H,4H2. The van der Waals surface area contributed by atoms with Crippen LogP contribution < -0.4 is 0 Å². The summed E-state index contributed by atoms with van der Waals surface area (Å²) in [4.78, 5) is 3.82. The number of nitrogens with zero attached hydrogens (tertiary/aromatic N) is 1. The van der Waals surface area contributed by atoms with Crippen molar-refractivity contribution in [2.24, 2.45) is 0 Å². The van der Waals surface area contributed by atoms with Crippen molar-refractivity contribution in [1.82, 2.24) is 4.98 Å². The van der Waals surface area contributed by atoms with Gasteiger partial charge in [0, 0.05) is 0 Å². The summed E-state index contributed by atoms with van der Waals surface area (Å²) in [7, 11) is 0. The van der Waals surface area contributed by atoms with Gasteiger partial charge in [0.2, 0.25) is 0 Å². The van der Waals surface area contributed by atoms with E-state index in [1.54, 1.807) is 18.2 Å². The van der Waals surface area contributed by atoms with Crippen LogP contribution in [0.15, 0.2) is 22.6 Å². The minimum absolute atomic E-state index is 0.0306. The first-order chi connectivity index (χ1) is 5.40. The van der Waals surface area contributed by atoms with Crippen LogP contribution in [-0.2, 0) is 6.61 Å². The Morgan fingerprint density at radius 2 is 2.45 bits per heavy atom. The van der Waals surface area contributed by atoms with E-state index >= 15 is 0 Å². The van der Waals surface area contributed by atoms with Crippen molar-refractivity contribution >= 4 is 11.1 Å². The minimum Gasteiger partial charge on any atom is -0.432 e. The third-order valence-corrected chi connectivity index (χ3v) is 1.53. The topological polar surface area (TPSA) is 46.3 Å². The van der Waals surface area contributed by atoms with Gasteiger partial charge in [-0.1, -0.05) is 6.07 Å². The molecule has 2 rings (SSSR count). The Balaban J connectivity index is 2.67. The quantitative estimate of drug-likeness (QED) is 0.659. The zero-order valence-corrected chi connectivity index (χ0v) is 5.74. The number of aliphatic hydroxyl groups excluding tert-OH is 1. The Kier molecular flexibility index (Phi) is 1.36. The fourth-order valence-corrected chi connectivity index (χ4v) is 0.956. The summed E-state index contributed by atoms with van der Waals surface area (Å²) >= 11 is 0. The number of benzene rings is 1.